The van der Waals surface area contributed by atoms with Crippen LogP contribution < -0.4 is 5.73 Å². The third kappa shape index (κ3) is 1.56. The molecule has 2 heteroatoms. The van der Waals surface area contributed by atoms with Crippen LogP contribution in [-0.4, -0.2) is 4.98 Å². The Balaban J connectivity index is 2.03. The summed E-state index contributed by atoms with van der Waals surface area (Å²) < 4.78 is 0. The molecule has 2 N–H and O–H groups in total. The molecule has 1 heterocycles. The van der Waals surface area contributed by atoms with E-state index in [1.807, 2.05) is 12.1 Å². The number of hydrogen-bond donors (Lipinski definition) is 1. The van der Waals surface area contributed by atoms with Gasteiger partial charge >= 0.3 is 0 Å². The highest BCUT2D eigenvalue weighted by atomic mass is 14.7. The zero-order chi connectivity index (χ0) is 11.0. The molecule has 2 nitrogen and oxygen atoms in total. The lowest BCUT2D eigenvalue weighted by molar-refractivity contribution is 0.912. The molecule has 0 spiro atoms. The molecule has 0 fully saturated rings. The number of anilines is 1. The Kier molecular flexibility index (Phi) is 2.13. The zero-order valence-electron chi connectivity index (χ0n) is 9.11. The number of benzene rings is 1. The molecule has 0 saturated heterocycles. The van der Waals surface area contributed by atoms with Crippen molar-refractivity contribution in [1.82, 2.24) is 4.98 Å². The molecule has 2 aromatic rings. The molecule has 0 aliphatic heterocycles. The van der Waals surface area contributed by atoms with Crippen LogP contribution in [0.25, 0.3) is 11.3 Å². The first-order valence-corrected chi connectivity index (χ1v) is 5.66. The second-order valence-electron chi connectivity index (χ2n) is 4.31. The van der Waals surface area contributed by atoms with Crippen molar-refractivity contribution in [2.75, 3.05) is 5.73 Å². The second kappa shape index (κ2) is 3.63. The molecule has 16 heavy (non-hydrogen) atoms. The van der Waals surface area contributed by atoms with E-state index in [-0.39, 0.29) is 0 Å². The normalized spacial score (nSPS) is 13.8. The SMILES string of the molecule is Nc1ccc(-c2ccc3c(c2)CCC3)nc1. The van der Waals surface area contributed by atoms with Crippen LogP contribution in [0.1, 0.15) is 17.5 Å². The number of aryl methyl sites for hydroxylation is 2. The fourth-order valence-corrected chi connectivity index (χ4v) is 2.31. The highest BCUT2D eigenvalue weighted by Gasteiger charge is 2.11. The first-order chi connectivity index (χ1) is 7.83. The molecule has 1 aliphatic rings. The van der Waals surface area contributed by atoms with Crippen molar-refractivity contribution in [3.8, 4) is 11.3 Å². The van der Waals surface area contributed by atoms with Gasteiger partial charge in [-0.15, -0.1) is 0 Å². The van der Waals surface area contributed by atoms with E-state index in [4.69, 9.17) is 5.73 Å². The Labute approximate surface area is 95.1 Å². The van der Waals surface area contributed by atoms with Gasteiger partial charge in [0.2, 0.25) is 0 Å². The smallest absolute Gasteiger partial charge is 0.0703 e. The maximum absolute atomic E-state index is 5.63. The minimum absolute atomic E-state index is 0.713. The third-order valence-corrected chi connectivity index (χ3v) is 3.18. The van der Waals surface area contributed by atoms with Crippen LogP contribution in [0.5, 0.6) is 0 Å². The number of nitrogens with zero attached hydrogens (tertiary/aromatic N) is 1. The Bertz CT molecular complexity index is 515. The monoisotopic (exact) mass is 210 g/mol. The lowest BCUT2D eigenvalue weighted by Gasteiger charge is -2.04. The lowest BCUT2D eigenvalue weighted by Crippen LogP contribution is -1.89. The average Bonchev–Trinajstić information content (AvgIpc) is 2.77. The minimum Gasteiger partial charge on any atom is -0.397 e. The predicted octanol–water partition coefficient (Wildman–Crippen LogP) is 2.82. The molecule has 0 atom stereocenters. The summed E-state index contributed by atoms with van der Waals surface area (Å²) in [5.41, 5.74) is 11.5. The highest BCUT2D eigenvalue weighted by molar-refractivity contribution is 5.62. The van der Waals surface area contributed by atoms with Gasteiger partial charge in [0, 0.05) is 5.56 Å². The molecule has 1 aromatic carbocycles. The van der Waals surface area contributed by atoms with Gasteiger partial charge in [-0.3, -0.25) is 4.98 Å². The summed E-state index contributed by atoms with van der Waals surface area (Å²) in [7, 11) is 0. The molecule has 0 saturated carbocycles. The van der Waals surface area contributed by atoms with Crippen LogP contribution in [0.3, 0.4) is 0 Å². The van der Waals surface area contributed by atoms with E-state index in [1.165, 1.54) is 36.0 Å². The number of nitrogen functional groups attached to an aromatic ring is 1. The van der Waals surface area contributed by atoms with Crippen molar-refractivity contribution in [2.24, 2.45) is 0 Å². The molecule has 1 aromatic heterocycles. The van der Waals surface area contributed by atoms with Crippen LogP contribution in [0.4, 0.5) is 5.69 Å². The molecule has 3 rings (SSSR count). The van der Waals surface area contributed by atoms with E-state index >= 15 is 0 Å². The molecular weight excluding hydrogens is 196 g/mol. The Morgan fingerprint density at radius 3 is 2.69 bits per heavy atom. The van der Waals surface area contributed by atoms with E-state index in [9.17, 15) is 0 Å². The Hall–Kier alpha value is -1.83. The molecule has 0 radical (unpaired) electrons. The van der Waals surface area contributed by atoms with Crippen molar-refractivity contribution in [1.29, 1.82) is 0 Å². The molecule has 1 aliphatic carbocycles. The van der Waals surface area contributed by atoms with Gasteiger partial charge in [0.15, 0.2) is 0 Å². The lowest BCUT2D eigenvalue weighted by atomic mass is 10.0. The van der Waals surface area contributed by atoms with Crippen molar-refractivity contribution in [2.45, 2.75) is 19.3 Å². The van der Waals surface area contributed by atoms with Gasteiger partial charge in [0.05, 0.1) is 17.6 Å². The van der Waals surface area contributed by atoms with Gasteiger partial charge in [-0.05, 0) is 48.6 Å². The van der Waals surface area contributed by atoms with Gasteiger partial charge in [-0.2, -0.15) is 0 Å². The largest absolute Gasteiger partial charge is 0.397 e. The summed E-state index contributed by atoms with van der Waals surface area (Å²) in [5.74, 6) is 0. The number of pyridine rings is 1. The predicted molar refractivity (Wildman–Crippen MR) is 66.1 cm³/mol. The van der Waals surface area contributed by atoms with Gasteiger partial charge in [0.1, 0.15) is 0 Å². The van der Waals surface area contributed by atoms with Crippen molar-refractivity contribution in [3.05, 3.63) is 47.7 Å². The Morgan fingerprint density at radius 1 is 1.00 bits per heavy atom. The third-order valence-electron chi connectivity index (χ3n) is 3.18. The molecule has 80 valence electrons. The van der Waals surface area contributed by atoms with E-state index in [0.29, 0.717) is 5.69 Å². The maximum atomic E-state index is 5.63. The van der Waals surface area contributed by atoms with E-state index < -0.39 is 0 Å². The first-order valence-electron chi connectivity index (χ1n) is 5.66. The summed E-state index contributed by atoms with van der Waals surface area (Å²) in [5, 5.41) is 0. The average molecular weight is 210 g/mol. The summed E-state index contributed by atoms with van der Waals surface area (Å²) in [6.07, 6.45) is 5.43. The van der Waals surface area contributed by atoms with Crippen LogP contribution >= 0.6 is 0 Å². The van der Waals surface area contributed by atoms with Gasteiger partial charge < -0.3 is 5.73 Å². The Morgan fingerprint density at radius 2 is 1.88 bits per heavy atom. The summed E-state index contributed by atoms with van der Waals surface area (Å²) in [6.45, 7) is 0. The molecular formula is C14H14N2. The summed E-state index contributed by atoms with van der Waals surface area (Å²) in [4.78, 5) is 4.35. The van der Waals surface area contributed by atoms with Crippen LogP contribution in [0, 0.1) is 0 Å². The number of fused-ring (bicyclic) bond motifs is 1. The van der Waals surface area contributed by atoms with Crippen LogP contribution in [0.15, 0.2) is 36.5 Å². The molecule has 0 unspecified atom stereocenters. The topological polar surface area (TPSA) is 38.9 Å². The molecule has 0 bridgehead atoms. The van der Waals surface area contributed by atoms with Crippen LogP contribution in [-0.2, 0) is 12.8 Å². The fraction of sp³-hybridized carbons (Fsp3) is 0.214. The second-order valence-corrected chi connectivity index (χ2v) is 4.31. The minimum atomic E-state index is 0.713. The maximum Gasteiger partial charge on any atom is 0.0703 e. The van der Waals surface area contributed by atoms with E-state index in [0.717, 1.165) is 5.69 Å². The zero-order valence-corrected chi connectivity index (χ0v) is 9.11. The van der Waals surface area contributed by atoms with Gasteiger partial charge in [-0.1, -0.05) is 12.1 Å². The van der Waals surface area contributed by atoms with Gasteiger partial charge in [-0.25, -0.2) is 0 Å². The number of rotatable bonds is 1. The number of aromatic nitrogens is 1. The quantitative estimate of drug-likeness (QED) is 0.786. The first kappa shape index (κ1) is 9.40. The summed E-state index contributed by atoms with van der Waals surface area (Å²) >= 11 is 0. The van der Waals surface area contributed by atoms with Crippen molar-refractivity contribution in [3.63, 3.8) is 0 Å². The van der Waals surface area contributed by atoms with Crippen molar-refractivity contribution < 1.29 is 0 Å². The van der Waals surface area contributed by atoms with E-state index in [1.54, 1.807) is 6.20 Å². The van der Waals surface area contributed by atoms with Crippen molar-refractivity contribution >= 4 is 5.69 Å². The molecule has 0 amide bonds. The van der Waals surface area contributed by atoms with Crippen LogP contribution in [0.2, 0.25) is 0 Å². The fourth-order valence-electron chi connectivity index (χ4n) is 2.31. The number of nitrogens with two attached hydrogens (primary N) is 1. The number of hydrogen-bond acceptors (Lipinski definition) is 2. The standard InChI is InChI=1S/C14H14N2/c15-13-6-7-14(16-9-13)12-5-4-10-2-1-3-11(10)8-12/h4-9H,1-3,15H2. The highest BCUT2D eigenvalue weighted by Crippen LogP contribution is 2.27. The van der Waals surface area contributed by atoms with Gasteiger partial charge in [0.25, 0.3) is 0 Å². The van der Waals surface area contributed by atoms with E-state index in [2.05, 4.69) is 23.2 Å². The summed E-state index contributed by atoms with van der Waals surface area (Å²) in [6, 6.07) is 10.5.